The molecule has 1 unspecified atom stereocenters. The molecule has 0 aliphatic rings. The second kappa shape index (κ2) is 5.92. The van der Waals surface area contributed by atoms with E-state index in [2.05, 4.69) is 6.07 Å². The van der Waals surface area contributed by atoms with Crippen molar-refractivity contribution in [2.75, 3.05) is 14.2 Å². The molecule has 0 N–H and O–H groups in total. The first-order chi connectivity index (χ1) is 9.31. The average molecular weight is 253 g/mol. The number of ether oxygens (including phenoxy) is 2. The SMILES string of the molecule is COc1cccc(C(C#N)c2ccccc2)c1OC. The highest BCUT2D eigenvalue weighted by atomic mass is 16.5. The highest BCUT2D eigenvalue weighted by Crippen LogP contribution is 2.37. The summed E-state index contributed by atoms with van der Waals surface area (Å²) < 4.78 is 10.7. The minimum atomic E-state index is -0.369. The molecule has 1 atom stereocenters. The summed E-state index contributed by atoms with van der Waals surface area (Å²) in [7, 11) is 3.17. The zero-order chi connectivity index (χ0) is 13.7. The van der Waals surface area contributed by atoms with E-state index in [0.717, 1.165) is 11.1 Å². The summed E-state index contributed by atoms with van der Waals surface area (Å²) >= 11 is 0. The first kappa shape index (κ1) is 13.0. The van der Waals surface area contributed by atoms with E-state index in [9.17, 15) is 5.26 Å². The molecule has 0 bridgehead atoms. The predicted molar refractivity (Wildman–Crippen MR) is 73.4 cm³/mol. The van der Waals surface area contributed by atoms with Crippen LogP contribution in [-0.4, -0.2) is 14.2 Å². The van der Waals surface area contributed by atoms with E-state index >= 15 is 0 Å². The summed E-state index contributed by atoms with van der Waals surface area (Å²) in [6, 6.07) is 17.6. The lowest BCUT2D eigenvalue weighted by molar-refractivity contribution is 0.351. The summed E-state index contributed by atoms with van der Waals surface area (Å²) in [5, 5.41) is 9.47. The highest BCUT2D eigenvalue weighted by Gasteiger charge is 2.20. The molecule has 3 heteroatoms. The monoisotopic (exact) mass is 253 g/mol. The number of benzene rings is 2. The molecule has 2 aromatic rings. The Morgan fingerprint density at radius 2 is 1.68 bits per heavy atom. The third-order valence-electron chi connectivity index (χ3n) is 3.01. The maximum atomic E-state index is 9.47. The molecular weight excluding hydrogens is 238 g/mol. The number of para-hydroxylation sites is 1. The third-order valence-corrected chi connectivity index (χ3v) is 3.01. The van der Waals surface area contributed by atoms with Crippen LogP contribution in [0.4, 0.5) is 0 Å². The Morgan fingerprint density at radius 1 is 0.947 bits per heavy atom. The van der Waals surface area contributed by atoms with Gasteiger partial charge in [0.15, 0.2) is 11.5 Å². The molecule has 0 heterocycles. The molecule has 0 saturated carbocycles. The summed E-state index contributed by atoms with van der Waals surface area (Å²) in [5.41, 5.74) is 1.76. The van der Waals surface area contributed by atoms with Crippen LogP contribution < -0.4 is 9.47 Å². The van der Waals surface area contributed by atoms with Crippen LogP contribution in [0.5, 0.6) is 11.5 Å². The number of methoxy groups -OCH3 is 2. The first-order valence-corrected chi connectivity index (χ1v) is 5.97. The van der Waals surface area contributed by atoms with Gasteiger partial charge in [-0.05, 0) is 11.6 Å². The van der Waals surface area contributed by atoms with Crippen LogP contribution >= 0.6 is 0 Å². The lowest BCUT2D eigenvalue weighted by Gasteiger charge is -2.16. The van der Waals surface area contributed by atoms with E-state index in [1.165, 1.54) is 0 Å². The molecule has 0 fully saturated rings. The Labute approximate surface area is 113 Å². The van der Waals surface area contributed by atoms with Crippen molar-refractivity contribution in [3.63, 3.8) is 0 Å². The average Bonchev–Trinajstić information content (AvgIpc) is 2.48. The van der Waals surface area contributed by atoms with Gasteiger partial charge >= 0.3 is 0 Å². The van der Waals surface area contributed by atoms with Crippen LogP contribution in [0.2, 0.25) is 0 Å². The number of hydrogen-bond acceptors (Lipinski definition) is 3. The van der Waals surface area contributed by atoms with Gasteiger partial charge in [0, 0.05) is 5.56 Å². The summed E-state index contributed by atoms with van der Waals surface area (Å²) in [6.07, 6.45) is 0. The maximum Gasteiger partial charge on any atom is 0.165 e. The van der Waals surface area contributed by atoms with Gasteiger partial charge in [-0.1, -0.05) is 42.5 Å². The number of rotatable bonds is 4. The van der Waals surface area contributed by atoms with Crippen molar-refractivity contribution in [1.82, 2.24) is 0 Å². The lowest BCUT2D eigenvalue weighted by atomic mass is 9.92. The van der Waals surface area contributed by atoms with Crippen LogP contribution in [0.1, 0.15) is 17.0 Å². The zero-order valence-electron chi connectivity index (χ0n) is 11.0. The molecule has 96 valence electrons. The van der Waals surface area contributed by atoms with Gasteiger partial charge in [-0.2, -0.15) is 5.26 Å². The molecule has 0 spiro atoms. The van der Waals surface area contributed by atoms with Gasteiger partial charge in [0.1, 0.15) is 0 Å². The van der Waals surface area contributed by atoms with Gasteiger partial charge in [0.25, 0.3) is 0 Å². The minimum absolute atomic E-state index is 0.369. The molecule has 0 radical (unpaired) electrons. The second-order valence-corrected chi connectivity index (χ2v) is 4.06. The van der Waals surface area contributed by atoms with Gasteiger partial charge in [-0.3, -0.25) is 0 Å². The number of nitriles is 1. The third kappa shape index (κ3) is 2.53. The summed E-state index contributed by atoms with van der Waals surface area (Å²) in [5.74, 6) is 0.878. The van der Waals surface area contributed by atoms with Crippen molar-refractivity contribution in [3.05, 3.63) is 59.7 Å². The molecule has 0 amide bonds. The second-order valence-electron chi connectivity index (χ2n) is 4.06. The summed E-state index contributed by atoms with van der Waals surface area (Å²) in [4.78, 5) is 0. The van der Waals surface area contributed by atoms with Gasteiger partial charge in [-0.25, -0.2) is 0 Å². The van der Waals surface area contributed by atoms with Crippen molar-refractivity contribution in [2.45, 2.75) is 5.92 Å². The fraction of sp³-hybridized carbons (Fsp3) is 0.188. The van der Waals surface area contributed by atoms with Crippen LogP contribution in [-0.2, 0) is 0 Å². The molecular formula is C16H15NO2. The van der Waals surface area contributed by atoms with Crippen molar-refractivity contribution in [3.8, 4) is 17.6 Å². The largest absolute Gasteiger partial charge is 0.493 e. The quantitative estimate of drug-likeness (QED) is 0.839. The number of nitrogens with zero attached hydrogens (tertiary/aromatic N) is 1. The van der Waals surface area contributed by atoms with Crippen LogP contribution in [0, 0.1) is 11.3 Å². The maximum absolute atomic E-state index is 9.47. The Kier molecular flexibility index (Phi) is 4.04. The van der Waals surface area contributed by atoms with E-state index in [1.807, 2.05) is 48.5 Å². The van der Waals surface area contributed by atoms with Crippen molar-refractivity contribution in [2.24, 2.45) is 0 Å². The zero-order valence-corrected chi connectivity index (χ0v) is 11.0. The topological polar surface area (TPSA) is 42.2 Å². The van der Waals surface area contributed by atoms with Crippen LogP contribution in [0.25, 0.3) is 0 Å². The Bertz CT molecular complexity index is 587. The lowest BCUT2D eigenvalue weighted by Crippen LogP contribution is -2.02. The molecule has 2 aromatic carbocycles. The van der Waals surface area contributed by atoms with Crippen molar-refractivity contribution >= 4 is 0 Å². The molecule has 0 aliphatic carbocycles. The molecule has 19 heavy (non-hydrogen) atoms. The standard InChI is InChI=1S/C16H15NO2/c1-18-15-10-6-9-13(16(15)19-2)14(11-17)12-7-4-3-5-8-12/h3-10,14H,1-2H3. The van der Waals surface area contributed by atoms with Crippen molar-refractivity contribution in [1.29, 1.82) is 5.26 Å². The normalized spacial score (nSPS) is 11.4. The van der Waals surface area contributed by atoms with E-state index < -0.39 is 0 Å². The van der Waals surface area contributed by atoms with E-state index in [1.54, 1.807) is 14.2 Å². The molecule has 0 aromatic heterocycles. The summed E-state index contributed by atoms with van der Waals surface area (Å²) in [6.45, 7) is 0. The predicted octanol–water partition coefficient (Wildman–Crippen LogP) is 3.36. The Morgan fingerprint density at radius 3 is 2.26 bits per heavy atom. The molecule has 2 rings (SSSR count). The van der Waals surface area contributed by atoms with Gasteiger partial charge in [-0.15, -0.1) is 0 Å². The van der Waals surface area contributed by atoms with E-state index in [0.29, 0.717) is 11.5 Å². The Hall–Kier alpha value is -2.47. The van der Waals surface area contributed by atoms with E-state index in [-0.39, 0.29) is 5.92 Å². The molecule has 3 nitrogen and oxygen atoms in total. The first-order valence-electron chi connectivity index (χ1n) is 5.97. The van der Waals surface area contributed by atoms with Crippen LogP contribution in [0.3, 0.4) is 0 Å². The van der Waals surface area contributed by atoms with Crippen molar-refractivity contribution < 1.29 is 9.47 Å². The van der Waals surface area contributed by atoms with E-state index in [4.69, 9.17) is 9.47 Å². The Balaban J connectivity index is 2.54. The molecule has 0 aliphatic heterocycles. The highest BCUT2D eigenvalue weighted by molar-refractivity contribution is 5.53. The smallest absolute Gasteiger partial charge is 0.165 e. The fourth-order valence-electron chi connectivity index (χ4n) is 2.11. The number of hydrogen-bond donors (Lipinski definition) is 0. The van der Waals surface area contributed by atoms with Gasteiger partial charge < -0.3 is 9.47 Å². The van der Waals surface area contributed by atoms with Gasteiger partial charge in [0.05, 0.1) is 26.2 Å². The van der Waals surface area contributed by atoms with Crippen LogP contribution in [0.15, 0.2) is 48.5 Å². The minimum Gasteiger partial charge on any atom is -0.493 e. The molecule has 0 saturated heterocycles. The fourth-order valence-corrected chi connectivity index (χ4v) is 2.11. The van der Waals surface area contributed by atoms with Gasteiger partial charge in [0.2, 0.25) is 0 Å².